The Bertz CT molecular complexity index is 1220. The first-order valence-electron chi connectivity index (χ1n) is 12.9. The summed E-state index contributed by atoms with van der Waals surface area (Å²) in [5.41, 5.74) is 3.22. The maximum atomic E-state index is 13.9. The third-order valence-corrected chi connectivity index (χ3v) is 7.01. The summed E-state index contributed by atoms with van der Waals surface area (Å²) in [7, 11) is 0. The van der Waals surface area contributed by atoms with Gasteiger partial charge in [0.1, 0.15) is 18.1 Å². The topological polar surface area (TPSA) is 93.0 Å². The third-order valence-electron chi connectivity index (χ3n) is 7.01. The molecule has 1 aromatic carbocycles. The van der Waals surface area contributed by atoms with Crippen LogP contribution in [0.2, 0.25) is 0 Å². The van der Waals surface area contributed by atoms with Gasteiger partial charge in [-0.3, -0.25) is 14.6 Å². The number of hydrogen-bond acceptors (Lipinski definition) is 5. The highest BCUT2D eigenvalue weighted by Gasteiger charge is 2.34. The number of benzene rings is 1. The summed E-state index contributed by atoms with van der Waals surface area (Å²) in [4.78, 5) is 33.5. The van der Waals surface area contributed by atoms with Gasteiger partial charge in [0, 0.05) is 24.5 Å². The van der Waals surface area contributed by atoms with E-state index in [4.69, 9.17) is 0 Å². The highest BCUT2D eigenvalue weighted by atomic mass is 16.2. The average Bonchev–Trinajstić information content (AvgIpc) is 3.30. The molecule has 8 heteroatoms. The minimum absolute atomic E-state index is 0.00555. The molecule has 0 saturated carbocycles. The number of pyridine rings is 1. The van der Waals surface area contributed by atoms with E-state index in [0.29, 0.717) is 6.54 Å². The maximum Gasteiger partial charge on any atom is 0.247 e. The number of rotatable bonds is 10. The molecule has 0 bridgehead atoms. The van der Waals surface area contributed by atoms with Crippen molar-refractivity contribution in [2.75, 3.05) is 6.54 Å². The van der Waals surface area contributed by atoms with Gasteiger partial charge in [-0.1, -0.05) is 35.9 Å². The van der Waals surface area contributed by atoms with Crippen LogP contribution in [0.4, 0.5) is 0 Å². The molecule has 1 N–H and O–H groups in total. The Kier molecular flexibility index (Phi) is 8.13. The fourth-order valence-electron chi connectivity index (χ4n) is 4.56. The summed E-state index contributed by atoms with van der Waals surface area (Å²) >= 11 is 0. The van der Waals surface area contributed by atoms with E-state index in [1.54, 1.807) is 22.0 Å². The molecule has 2 amide bonds. The summed E-state index contributed by atoms with van der Waals surface area (Å²) in [5.74, 6) is -0.365. The fraction of sp³-hybridized carbons (Fsp3) is 0.464. The van der Waals surface area contributed by atoms with Crippen LogP contribution < -0.4 is 5.32 Å². The smallest absolute Gasteiger partial charge is 0.247 e. The molecular formula is C28H36N6O2. The van der Waals surface area contributed by atoms with Crippen molar-refractivity contribution in [3.63, 3.8) is 0 Å². The van der Waals surface area contributed by atoms with Crippen molar-refractivity contribution in [3.8, 4) is 0 Å². The van der Waals surface area contributed by atoms with Crippen LogP contribution in [0, 0.1) is 0 Å². The number of nitrogens with zero attached hydrogens (tertiary/aromatic N) is 5. The van der Waals surface area contributed by atoms with E-state index in [9.17, 15) is 9.59 Å². The van der Waals surface area contributed by atoms with Gasteiger partial charge in [0.05, 0.1) is 5.52 Å². The lowest BCUT2D eigenvalue weighted by Crippen LogP contribution is -2.51. The molecule has 36 heavy (non-hydrogen) atoms. The van der Waals surface area contributed by atoms with Crippen molar-refractivity contribution in [3.05, 3.63) is 66.0 Å². The van der Waals surface area contributed by atoms with E-state index in [1.807, 2.05) is 57.2 Å². The lowest BCUT2D eigenvalue weighted by molar-refractivity contribution is -0.142. The molecule has 1 aliphatic rings. The molecule has 3 aromatic rings. The standard InChI is InChI=1S/C28H36N6O2/c1-4-28(2,3)30-27(36)26(22-14-17-29-18-15-22)33(19-16-21-10-6-5-7-11-21)25(35)20-34-24-13-9-8-12-23(24)31-32-34/h8-10,12-15,17-18,26H,4-7,11,16,19-20H2,1-3H3,(H,30,36)/t26-/m0/s1. The van der Waals surface area contributed by atoms with E-state index in [2.05, 4.69) is 26.7 Å². The molecule has 0 aliphatic heterocycles. The van der Waals surface area contributed by atoms with Gasteiger partial charge >= 0.3 is 0 Å². The largest absolute Gasteiger partial charge is 0.349 e. The van der Waals surface area contributed by atoms with Crippen molar-refractivity contribution in [2.45, 2.75) is 77.4 Å². The van der Waals surface area contributed by atoms with Crippen molar-refractivity contribution in [1.82, 2.24) is 30.2 Å². The average molecular weight is 489 g/mol. The molecule has 1 aliphatic carbocycles. The number of allylic oxidation sites excluding steroid dienone is 1. The van der Waals surface area contributed by atoms with Crippen LogP contribution in [0.25, 0.3) is 11.0 Å². The summed E-state index contributed by atoms with van der Waals surface area (Å²) < 4.78 is 1.61. The van der Waals surface area contributed by atoms with Crippen molar-refractivity contribution < 1.29 is 9.59 Å². The summed E-state index contributed by atoms with van der Waals surface area (Å²) in [6.45, 7) is 6.48. The Morgan fingerprint density at radius 3 is 2.64 bits per heavy atom. The number of amides is 2. The number of aromatic nitrogens is 4. The first-order chi connectivity index (χ1) is 17.4. The van der Waals surface area contributed by atoms with Gasteiger partial charge in [-0.05, 0) is 82.2 Å². The Morgan fingerprint density at radius 1 is 1.14 bits per heavy atom. The lowest BCUT2D eigenvalue weighted by Gasteiger charge is -2.35. The zero-order valence-electron chi connectivity index (χ0n) is 21.5. The van der Waals surface area contributed by atoms with Gasteiger partial charge in [-0.15, -0.1) is 5.10 Å². The quantitative estimate of drug-likeness (QED) is 0.421. The van der Waals surface area contributed by atoms with Gasteiger partial charge in [0.25, 0.3) is 0 Å². The molecule has 4 rings (SSSR count). The Hall–Kier alpha value is -3.55. The van der Waals surface area contributed by atoms with Crippen LogP contribution in [-0.4, -0.2) is 48.8 Å². The fourth-order valence-corrected chi connectivity index (χ4v) is 4.56. The first-order valence-corrected chi connectivity index (χ1v) is 12.9. The molecular weight excluding hydrogens is 452 g/mol. The summed E-state index contributed by atoms with van der Waals surface area (Å²) in [5, 5.41) is 11.6. The van der Waals surface area contributed by atoms with E-state index in [0.717, 1.165) is 42.3 Å². The molecule has 0 spiro atoms. The maximum absolute atomic E-state index is 13.9. The molecule has 190 valence electrons. The second kappa shape index (κ2) is 11.5. The number of fused-ring (bicyclic) bond motifs is 1. The monoisotopic (exact) mass is 488 g/mol. The van der Waals surface area contributed by atoms with Crippen LogP contribution in [0.3, 0.4) is 0 Å². The van der Waals surface area contributed by atoms with Gasteiger partial charge in [0.2, 0.25) is 11.8 Å². The first kappa shape index (κ1) is 25.5. The molecule has 0 saturated heterocycles. The van der Waals surface area contributed by atoms with Gasteiger partial charge in [0.15, 0.2) is 0 Å². The van der Waals surface area contributed by atoms with Crippen LogP contribution in [0.15, 0.2) is 60.4 Å². The van der Waals surface area contributed by atoms with Crippen LogP contribution in [-0.2, 0) is 16.1 Å². The highest BCUT2D eigenvalue weighted by molar-refractivity contribution is 5.89. The van der Waals surface area contributed by atoms with E-state index in [1.165, 1.54) is 18.4 Å². The third kappa shape index (κ3) is 6.17. The van der Waals surface area contributed by atoms with Gasteiger partial charge in [-0.25, -0.2) is 4.68 Å². The minimum Gasteiger partial charge on any atom is -0.349 e. The number of carbonyl (C=O) groups is 2. The van der Waals surface area contributed by atoms with E-state index < -0.39 is 11.6 Å². The van der Waals surface area contributed by atoms with Gasteiger partial charge < -0.3 is 10.2 Å². The Labute approximate surface area is 212 Å². The molecule has 0 radical (unpaired) electrons. The van der Waals surface area contributed by atoms with Crippen LogP contribution in [0.5, 0.6) is 0 Å². The van der Waals surface area contributed by atoms with E-state index >= 15 is 0 Å². The van der Waals surface area contributed by atoms with Crippen LogP contribution in [0.1, 0.15) is 70.9 Å². The molecule has 2 aromatic heterocycles. The lowest BCUT2D eigenvalue weighted by atomic mass is 9.96. The number of hydrogen-bond donors (Lipinski definition) is 1. The Balaban J connectivity index is 1.68. The number of nitrogens with one attached hydrogen (secondary N) is 1. The molecule has 1 atom stereocenters. The second-order valence-corrected chi connectivity index (χ2v) is 10.1. The predicted octanol–water partition coefficient (Wildman–Crippen LogP) is 4.59. The SMILES string of the molecule is CCC(C)(C)NC(=O)[C@H](c1ccncc1)N(CCC1=CCCCC1)C(=O)Cn1nnc2ccccc21. The Morgan fingerprint density at radius 2 is 1.92 bits per heavy atom. The molecule has 8 nitrogen and oxygen atoms in total. The van der Waals surface area contributed by atoms with Crippen molar-refractivity contribution >= 4 is 22.8 Å². The normalized spacial score (nSPS) is 14.8. The van der Waals surface area contributed by atoms with E-state index in [-0.39, 0.29) is 18.4 Å². The highest BCUT2D eigenvalue weighted by Crippen LogP contribution is 2.27. The molecule has 0 unspecified atom stereocenters. The number of para-hydroxylation sites is 1. The minimum atomic E-state index is -0.773. The van der Waals surface area contributed by atoms with Gasteiger partial charge in [-0.2, -0.15) is 0 Å². The van der Waals surface area contributed by atoms with Crippen LogP contribution >= 0.6 is 0 Å². The molecule has 2 heterocycles. The predicted molar refractivity (Wildman–Crippen MR) is 140 cm³/mol. The second-order valence-electron chi connectivity index (χ2n) is 10.1. The van der Waals surface area contributed by atoms with Crippen molar-refractivity contribution in [1.29, 1.82) is 0 Å². The molecule has 0 fully saturated rings. The summed E-state index contributed by atoms with van der Waals surface area (Å²) in [6.07, 6.45) is 11.6. The zero-order valence-corrected chi connectivity index (χ0v) is 21.5. The number of carbonyl (C=O) groups excluding carboxylic acids is 2. The summed E-state index contributed by atoms with van der Waals surface area (Å²) in [6, 6.07) is 10.4. The van der Waals surface area contributed by atoms with Crippen molar-refractivity contribution in [2.24, 2.45) is 0 Å². The zero-order chi connectivity index (χ0) is 25.5.